The van der Waals surface area contributed by atoms with Crippen molar-refractivity contribution in [3.8, 4) is 0 Å². The van der Waals surface area contributed by atoms with Crippen LogP contribution in [-0.4, -0.2) is 62.5 Å². The van der Waals surface area contributed by atoms with Crippen LogP contribution in [0.4, 0.5) is 0 Å². The second kappa shape index (κ2) is 6.49. The molecule has 106 valence electrons. The van der Waals surface area contributed by atoms with Gasteiger partial charge in [-0.25, -0.2) is 8.42 Å². The third-order valence-corrected chi connectivity index (χ3v) is 5.10. The van der Waals surface area contributed by atoms with Crippen molar-refractivity contribution in [3.05, 3.63) is 0 Å². The Balaban J connectivity index is 2.71. The minimum absolute atomic E-state index is 0.0847. The largest absolute Gasteiger partial charge is 0.347 e. The monoisotopic (exact) mass is 277 g/mol. The highest BCUT2D eigenvalue weighted by atomic mass is 32.2. The molecule has 0 aromatic carbocycles. The fourth-order valence-corrected chi connectivity index (χ4v) is 3.96. The van der Waals surface area contributed by atoms with E-state index in [1.807, 2.05) is 0 Å². The number of hydrogen-bond acceptors (Lipinski definition) is 4. The third kappa shape index (κ3) is 3.66. The quantitative estimate of drug-likeness (QED) is 0.670. The van der Waals surface area contributed by atoms with E-state index in [1.165, 1.54) is 9.21 Å². The van der Waals surface area contributed by atoms with Crippen molar-refractivity contribution in [2.24, 2.45) is 5.73 Å². The zero-order chi connectivity index (χ0) is 13.8. The number of likely N-dealkylation sites (N-methyl/N-ethyl adjacent to an activating group) is 1. The Bertz CT molecular complexity index is 381. The summed E-state index contributed by atoms with van der Waals surface area (Å²) in [6.45, 7) is 0.949. The lowest BCUT2D eigenvalue weighted by molar-refractivity contribution is -0.132. The topological polar surface area (TPSA) is 83.7 Å². The average Bonchev–Trinajstić information content (AvgIpc) is 2.77. The minimum atomic E-state index is -3.33. The summed E-state index contributed by atoms with van der Waals surface area (Å²) in [5.41, 5.74) is 5.36. The van der Waals surface area contributed by atoms with Gasteiger partial charge in [0.15, 0.2) is 0 Å². The van der Waals surface area contributed by atoms with Crippen LogP contribution in [0.2, 0.25) is 0 Å². The SMILES string of the molecule is CN(C)C(=O)C1CCCN1S(=O)(=O)CCCCN. The van der Waals surface area contributed by atoms with E-state index in [2.05, 4.69) is 0 Å². The molecule has 1 fully saturated rings. The number of nitrogens with zero attached hydrogens (tertiary/aromatic N) is 2. The lowest BCUT2D eigenvalue weighted by atomic mass is 10.2. The van der Waals surface area contributed by atoms with Crippen molar-refractivity contribution >= 4 is 15.9 Å². The molecule has 0 aromatic rings. The highest BCUT2D eigenvalue weighted by Crippen LogP contribution is 2.23. The molecule has 0 aromatic heterocycles. The number of unbranched alkanes of at least 4 members (excludes halogenated alkanes) is 1. The van der Waals surface area contributed by atoms with Gasteiger partial charge in [0.2, 0.25) is 15.9 Å². The van der Waals surface area contributed by atoms with Gasteiger partial charge in [0.05, 0.1) is 5.75 Å². The molecule has 0 saturated carbocycles. The summed E-state index contributed by atoms with van der Waals surface area (Å²) in [4.78, 5) is 13.4. The van der Waals surface area contributed by atoms with Gasteiger partial charge in [0, 0.05) is 20.6 Å². The van der Waals surface area contributed by atoms with Crippen molar-refractivity contribution in [2.45, 2.75) is 31.7 Å². The smallest absolute Gasteiger partial charge is 0.240 e. The van der Waals surface area contributed by atoms with Crippen LogP contribution in [0.15, 0.2) is 0 Å². The Morgan fingerprint density at radius 1 is 1.39 bits per heavy atom. The van der Waals surface area contributed by atoms with E-state index in [0.29, 0.717) is 32.4 Å². The first-order chi connectivity index (χ1) is 8.40. The zero-order valence-electron chi connectivity index (χ0n) is 11.1. The standard InChI is InChI=1S/C11H23N3O3S/c1-13(2)11(15)10-6-5-8-14(10)18(16,17)9-4-3-7-12/h10H,3-9,12H2,1-2H3. The van der Waals surface area contributed by atoms with E-state index in [0.717, 1.165) is 6.42 Å². The zero-order valence-corrected chi connectivity index (χ0v) is 11.9. The maximum Gasteiger partial charge on any atom is 0.240 e. The number of hydrogen-bond donors (Lipinski definition) is 1. The van der Waals surface area contributed by atoms with E-state index < -0.39 is 16.1 Å². The van der Waals surface area contributed by atoms with Crippen molar-refractivity contribution in [2.75, 3.05) is 32.9 Å². The van der Waals surface area contributed by atoms with Gasteiger partial charge in [-0.1, -0.05) is 0 Å². The van der Waals surface area contributed by atoms with E-state index in [1.54, 1.807) is 14.1 Å². The van der Waals surface area contributed by atoms with Crippen LogP contribution < -0.4 is 5.73 Å². The van der Waals surface area contributed by atoms with Crippen LogP contribution in [0.5, 0.6) is 0 Å². The van der Waals surface area contributed by atoms with Gasteiger partial charge in [0.1, 0.15) is 6.04 Å². The van der Waals surface area contributed by atoms with Gasteiger partial charge in [0.25, 0.3) is 0 Å². The average molecular weight is 277 g/mol. The maximum atomic E-state index is 12.2. The molecule has 1 unspecified atom stereocenters. The lowest BCUT2D eigenvalue weighted by Gasteiger charge is -2.25. The highest BCUT2D eigenvalue weighted by molar-refractivity contribution is 7.89. The molecule has 1 heterocycles. The van der Waals surface area contributed by atoms with Crippen molar-refractivity contribution in [1.29, 1.82) is 0 Å². The number of nitrogens with two attached hydrogens (primary N) is 1. The first-order valence-electron chi connectivity index (χ1n) is 6.31. The first kappa shape index (κ1) is 15.4. The van der Waals surface area contributed by atoms with Crippen LogP contribution in [0.1, 0.15) is 25.7 Å². The molecule has 18 heavy (non-hydrogen) atoms. The molecule has 1 aliphatic heterocycles. The van der Waals surface area contributed by atoms with E-state index in [4.69, 9.17) is 5.73 Å². The molecule has 1 atom stereocenters. The lowest BCUT2D eigenvalue weighted by Crippen LogP contribution is -2.46. The summed E-state index contributed by atoms with van der Waals surface area (Å²) in [6.07, 6.45) is 2.62. The van der Waals surface area contributed by atoms with Crippen molar-refractivity contribution < 1.29 is 13.2 Å². The second-order valence-corrected chi connectivity index (χ2v) is 6.85. The highest BCUT2D eigenvalue weighted by Gasteiger charge is 2.38. The molecule has 0 bridgehead atoms. The Labute approximate surface area is 109 Å². The number of amides is 1. The van der Waals surface area contributed by atoms with Gasteiger partial charge in [-0.2, -0.15) is 4.31 Å². The molecular formula is C11H23N3O3S. The summed E-state index contributed by atoms with van der Waals surface area (Å²) in [6, 6.07) is -0.511. The molecule has 0 aliphatic carbocycles. The summed E-state index contributed by atoms with van der Waals surface area (Å²) in [7, 11) is -0.0244. The Kier molecular flexibility index (Phi) is 5.55. The van der Waals surface area contributed by atoms with Gasteiger partial charge >= 0.3 is 0 Å². The summed E-state index contributed by atoms with van der Waals surface area (Å²) < 4.78 is 25.7. The molecule has 6 nitrogen and oxygen atoms in total. The molecule has 1 aliphatic rings. The van der Waals surface area contributed by atoms with Crippen LogP contribution in [0, 0.1) is 0 Å². The summed E-state index contributed by atoms with van der Waals surface area (Å²) >= 11 is 0. The molecule has 1 saturated heterocycles. The minimum Gasteiger partial charge on any atom is -0.347 e. The van der Waals surface area contributed by atoms with E-state index >= 15 is 0 Å². The molecule has 0 spiro atoms. The summed E-state index contributed by atoms with van der Waals surface area (Å²) in [5, 5.41) is 0. The molecule has 1 rings (SSSR count). The number of rotatable bonds is 6. The Morgan fingerprint density at radius 3 is 2.61 bits per heavy atom. The van der Waals surface area contributed by atoms with Crippen molar-refractivity contribution in [1.82, 2.24) is 9.21 Å². The Morgan fingerprint density at radius 2 is 2.06 bits per heavy atom. The third-order valence-electron chi connectivity index (χ3n) is 3.14. The fraction of sp³-hybridized carbons (Fsp3) is 0.909. The number of sulfonamides is 1. The Hall–Kier alpha value is -0.660. The molecule has 0 radical (unpaired) electrons. The predicted molar refractivity (Wildman–Crippen MR) is 70.5 cm³/mol. The fourth-order valence-electron chi connectivity index (χ4n) is 2.16. The second-order valence-electron chi connectivity index (χ2n) is 4.81. The van der Waals surface area contributed by atoms with Crippen LogP contribution in [0.3, 0.4) is 0 Å². The van der Waals surface area contributed by atoms with Gasteiger partial charge < -0.3 is 10.6 Å². The van der Waals surface area contributed by atoms with Gasteiger partial charge in [-0.15, -0.1) is 0 Å². The van der Waals surface area contributed by atoms with Crippen LogP contribution >= 0.6 is 0 Å². The van der Waals surface area contributed by atoms with Crippen molar-refractivity contribution in [3.63, 3.8) is 0 Å². The van der Waals surface area contributed by atoms with Crippen LogP contribution in [-0.2, 0) is 14.8 Å². The van der Waals surface area contributed by atoms with Gasteiger partial charge in [-0.3, -0.25) is 4.79 Å². The number of carbonyl (C=O) groups excluding carboxylic acids is 1. The molecule has 2 N–H and O–H groups in total. The first-order valence-corrected chi connectivity index (χ1v) is 7.92. The van der Waals surface area contributed by atoms with E-state index in [9.17, 15) is 13.2 Å². The molecule has 1 amide bonds. The predicted octanol–water partition coefficient (Wildman–Crippen LogP) is -0.392. The number of carbonyl (C=O) groups is 1. The van der Waals surface area contributed by atoms with Gasteiger partial charge in [-0.05, 0) is 32.2 Å². The summed E-state index contributed by atoms with van der Waals surface area (Å²) in [5.74, 6) is -0.0450. The maximum absolute atomic E-state index is 12.2. The van der Waals surface area contributed by atoms with Crippen LogP contribution in [0.25, 0.3) is 0 Å². The van der Waals surface area contributed by atoms with E-state index in [-0.39, 0.29) is 11.7 Å². The normalized spacial score (nSPS) is 21.2. The molecular weight excluding hydrogens is 254 g/mol. The molecule has 7 heteroatoms.